The van der Waals surface area contributed by atoms with Gasteiger partial charge in [0, 0.05) is 0 Å². The van der Waals surface area contributed by atoms with Crippen molar-refractivity contribution in [1.29, 1.82) is 0 Å². The van der Waals surface area contributed by atoms with Gasteiger partial charge in [-0.2, -0.15) is 0 Å². The Balaban J connectivity index is 7.38. The zero-order valence-corrected chi connectivity index (χ0v) is 34.4. The molecule has 0 fully saturated rings. The van der Waals surface area contributed by atoms with Gasteiger partial charge in [0.2, 0.25) is 7.59 Å². The van der Waals surface area contributed by atoms with Gasteiger partial charge in [-0.25, -0.2) is 0 Å². The van der Waals surface area contributed by atoms with Crippen LogP contribution in [0.3, 0.4) is 0 Å². The van der Waals surface area contributed by atoms with Crippen LogP contribution in [0.5, 0.6) is 0 Å². The minimum Gasteiger partial charge on any atom is -0.106 e. The number of rotatable bonds is 9. The smallest absolute Gasteiger partial charge is 0.106 e. The Hall–Kier alpha value is 7.25. The molecule has 0 aliphatic heterocycles. The second-order valence-electron chi connectivity index (χ2n) is 6.60. The lowest BCUT2D eigenvalue weighted by molar-refractivity contribution is 0.399. The molecule has 0 saturated heterocycles. The first-order chi connectivity index (χ1) is 15.4. The van der Waals surface area contributed by atoms with Crippen LogP contribution in [-0.2, 0) is 0 Å². The molecule has 37 heavy (non-hydrogen) atoms. The SMILES string of the molecule is ClC(Cl)C(Cl)(Cl)C(Cl)(Cl)C(Cl)(Cl)C(Cl)(Cl)C(Cl)(Cl)C(Cl)(Cl)C(Cl)(Cl)C(Cl)(Cl)C(Cl)(C(Cl)(Cl)Cl)C(Cl)(Cl)Cl. The van der Waals surface area contributed by atoms with Crippen LogP contribution in [0.4, 0.5) is 0 Å². The van der Waals surface area contributed by atoms with Crippen LogP contribution in [0.15, 0.2) is 0 Å². The summed E-state index contributed by atoms with van der Waals surface area (Å²) in [4.78, 5) is -4.95. The molecule has 0 atom stereocenters. The highest BCUT2D eigenvalue weighted by molar-refractivity contribution is 6.84. The molecule has 25 heteroatoms. The number of alkyl halides is 25. The summed E-state index contributed by atoms with van der Waals surface area (Å²) in [6.07, 6.45) is 0. The van der Waals surface area contributed by atoms with E-state index in [0.29, 0.717) is 0 Å². The van der Waals surface area contributed by atoms with E-state index >= 15 is 0 Å². The Morgan fingerprint density at radius 1 is 0.270 bits per heavy atom. The summed E-state index contributed by atoms with van der Waals surface area (Å²) in [5.41, 5.74) is 0. The third-order valence-electron chi connectivity index (χ3n) is 4.27. The van der Waals surface area contributed by atoms with Gasteiger partial charge < -0.3 is 0 Å². The van der Waals surface area contributed by atoms with Crippen molar-refractivity contribution in [3.8, 4) is 0 Å². The predicted octanol–water partition coefficient (Wildman–Crippen LogP) is 14.9. The van der Waals surface area contributed by atoms with Crippen molar-refractivity contribution < 1.29 is 0 Å². The molecule has 0 spiro atoms. The van der Waals surface area contributed by atoms with Gasteiger partial charge in [0.15, 0.2) is 39.5 Å². The van der Waals surface area contributed by atoms with Gasteiger partial charge in [-0.15, -0.1) is 34.8 Å². The Labute approximate surface area is 336 Å². The summed E-state index contributed by atoms with van der Waals surface area (Å²) in [7, 11) is 0. The molecule has 0 aromatic rings. The summed E-state index contributed by atoms with van der Waals surface area (Å²) in [6, 6.07) is 0. The Bertz CT molecular complexity index is 808. The summed E-state index contributed by atoms with van der Waals surface area (Å²) in [5.74, 6) is 0. The minimum atomic E-state index is -3.35. The van der Waals surface area contributed by atoms with Crippen LogP contribution in [0.25, 0.3) is 0 Å². The number of hydrogen-bond acceptors (Lipinski definition) is 0. The highest BCUT2D eigenvalue weighted by atomic mass is 35.6. The zero-order chi connectivity index (χ0) is 31.1. The Kier molecular flexibility index (Phi) is 15.9. The molecule has 0 aliphatic carbocycles. The van der Waals surface area contributed by atoms with E-state index in [1.54, 1.807) is 0 Å². The van der Waals surface area contributed by atoms with Crippen LogP contribution in [0.1, 0.15) is 0 Å². The predicted molar refractivity (Wildman–Crippen MR) is 180 cm³/mol. The Morgan fingerprint density at radius 3 is 0.649 bits per heavy atom. The summed E-state index contributed by atoms with van der Waals surface area (Å²) in [5, 5.41) is 0. The van der Waals surface area contributed by atoms with Gasteiger partial charge in [-0.3, -0.25) is 0 Å². The summed E-state index contributed by atoms with van der Waals surface area (Å²) < 4.78 is -31.2. The van der Waals surface area contributed by atoms with E-state index in [1.807, 2.05) is 0 Å². The largest absolute Gasteiger partial charge is 0.216 e. The second-order valence-corrected chi connectivity index (χ2v) is 23.5. The van der Waals surface area contributed by atoms with Crippen molar-refractivity contribution in [3.63, 3.8) is 0 Å². The zero-order valence-electron chi connectivity index (χ0n) is 15.5. The van der Waals surface area contributed by atoms with E-state index in [9.17, 15) is 0 Å². The van der Waals surface area contributed by atoms with E-state index in [1.165, 1.54) is 0 Å². The van der Waals surface area contributed by atoms with Crippen molar-refractivity contribution in [2.24, 2.45) is 0 Å². The molecule has 0 amide bonds. The number of hydrogen-bond donors (Lipinski definition) is 0. The average molecular weight is 1030 g/mol. The Morgan fingerprint density at radius 2 is 0.459 bits per heavy atom. The molecule has 0 saturated carbocycles. The lowest BCUT2D eigenvalue weighted by atomic mass is 9.96. The van der Waals surface area contributed by atoms with Crippen molar-refractivity contribution in [2.75, 3.05) is 0 Å². The fraction of sp³-hybridized carbons (Fsp3) is 1.00. The lowest BCUT2D eigenvalue weighted by Gasteiger charge is -2.57. The van der Waals surface area contributed by atoms with Crippen molar-refractivity contribution in [2.45, 2.75) is 52.0 Å². The number of halogens is 25. The van der Waals surface area contributed by atoms with Gasteiger partial charge in [-0.1, -0.05) is 255 Å². The fourth-order valence-electron chi connectivity index (χ4n) is 2.07. The first kappa shape index (κ1) is 44.2. The third kappa shape index (κ3) is 6.90. The third-order valence-corrected chi connectivity index (χ3v) is 20.4. The molecular weight excluding hydrogens is 1030 g/mol. The lowest BCUT2D eigenvalue weighted by Crippen LogP contribution is -2.75. The first-order valence-electron chi connectivity index (χ1n) is 7.57. The normalized spacial score (nSPS) is 17.0. The van der Waals surface area contributed by atoms with Crippen LogP contribution in [-0.4, -0.2) is 52.0 Å². The molecule has 0 nitrogen and oxygen atoms in total. The van der Waals surface area contributed by atoms with Gasteiger partial charge in [-0.05, 0) is 0 Å². The first-order valence-corrected chi connectivity index (χ1v) is 17.1. The van der Waals surface area contributed by atoms with Crippen LogP contribution < -0.4 is 0 Å². The fourth-order valence-corrected chi connectivity index (χ4v) is 11.2. The maximum absolute atomic E-state index is 6.39. The second kappa shape index (κ2) is 13.3. The average Bonchev–Trinajstić information content (AvgIpc) is 2.63. The molecule has 0 unspecified atom stereocenters. The van der Waals surface area contributed by atoms with E-state index in [-0.39, 0.29) is 0 Å². The van der Waals surface area contributed by atoms with Crippen molar-refractivity contribution in [1.82, 2.24) is 0 Å². The highest BCUT2D eigenvalue weighted by Crippen LogP contribution is 2.76. The molecule has 0 bridgehead atoms. The van der Waals surface area contributed by atoms with Gasteiger partial charge in [0.1, 0.15) is 4.84 Å². The maximum atomic E-state index is 6.39. The molecule has 0 N–H and O–H groups in total. The standard InChI is InChI=1S/C12HCl25/c13-1(14)2(15,16)4(18,19)6(22,23)8(26,27)10(30,31)9(28,29)7(24,25)5(20,21)3(17,11(32,33)34)12(35,36)37/h1H. The van der Waals surface area contributed by atoms with E-state index in [0.717, 1.165) is 0 Å². The summed E-state index contributed by atoms with van der Waals surface area (Å²) >= 11 is 154. The molecule has 0 rings (SSSR count). The molecule has 0 heterocycles. The minimum absolute atomic E-state index is 1.81. The maximum Gasteiger partial charge on any atom is 0.216 e. The van der Waals surface area contributed by atoms with Gasteiger partial charge in [0.25, 0.3) is 0 Å². The molecule has 0 radical (unpaired) electrons. The van der Waals surface area contributed by atoms with E-state index in [2.05, 4.69) is 0 Å². The monoisotopic (exact) mass is 1020 g/mol. The topological polar surface area (TPSA) is 0 Å². The molecular formula is C12HCl25. The highest BCUT2D eigenvalue weighted by Gasteiger charge is 2.85. The van der Waals surface area contributed by atoms with Crippen molar-refractivity contribution in [3.05, 3.63) is 0 Å². The van der Waals surface area contributed by atoms with Crippen LogP contribution in [0, 0.1) is 0 Å². The van der Waals surface area contributed by atoms with Gasteiger partial charge in [0.05, 0.1) is 0 Å². The van der Waals surface area contributed by atoms with E-state index in [4.69, 9.17) is 290 Å². The molecule has 224 valence electrons. The van der Waals surface area contributed by atoms with Crippen LogP contribution in [0.2, 0.25) is 0 Å². The van der Waals surface area contributed by atoms with Gasteiger partial charge >= 0.3 is 0 Å². The van der Waals surface area contributed by atoms with E-state index < -0.39 is 52.0 Å². The molecule has 0 aliphatic rings. The van der Waals surface area contributed by atoms with Crippen LogP contribution >= 0.6 is 290 Å². The summed E-state index contributed by atoms with van der Waals surface area (Å²) in [6.45, 7) is 0. The molecule has 0 aromatic heterocycles. The van der Waals surface area contributed by atoms with Crippen molar-refractivity contribution >= 4 is 290 Å². The molecule has 0 aromatic carbocycles. The quantitative estimate of drug-likeness (QED) is 0.202.